The van der Waals surface area contributed by atoms with Gasteiger partial charge >= 0.3 is 5.97 Å². The van der Waals surface area contributed by atoms with Gasteiger partial charge in [-0.25, -0.2) is 4.79 Å². The van der Waals surface area contributed by atoms with Crippen molar-refractivity contribution >= 4 is 5.97 Å². The predicted octanol–water partition coefficient (Wildman–Crippen LogP) is -2.02. The molecule has 4 aliphatic rings. The summed E-state index contributed by atoms with van der Waals surface area (Å²) in [7, 11) is 0. The summed E-state index contributed by atoms with van der Waals surface area (Å²) in [6, 6.07) is 5.56. The zero-order chi connectivity index (χ0) is 24.2. The van der Waals surface area contributed by atoms with E-state index >= 15 is 0 Å². The number of epoxide rings is 1. The molecule has 3 heterocycles. The number of carbonyl (C=O) groups is 1. The van der Waals surface area contributed by atoms with Crippen molar-refractivity contribution in [1.29, 1.82) is 0 Å². The standard InChI is InChI=1S/C22H26O12/c23-7-12-14(26)15(27)16(28)21(31-12)33-20-13-11(5-6-30-20)17(18-22(13,8-24)34-18)32-19(29)9-1-3-10(25)4-2-9/h1-6,11-18,20-21,23-28H,7-8H2/t11-,12+,13+,14+,15-,16+,17+,18+,20+,21-,22-/m0/s1. The van der Waals surface area contributed by atoms with Crippen molar-refractivity contribution in [3.63, 3.8) is 0 Å². The molecule has 11 atom stereocenters. The van der Waals surface area contributed by atoms with E-state index in [1.165, 1.54) is 30.5 Å². The normalized spacial score (nSPS) is 44.6. The fourth-order valence-corrected chi connectivity index (χ4v) is 5.08. The average molecular weight is 482 g/mol. The molecule has 1 aromatic rings. The third-order valence-corrected chi connectivity index (χ3v) is 6.94. The highest BCUT2D eigenvalue weighted by molar-refractivity contribution is 5.89. The number of fused-ring (bicyclic) bond motifs is 3. The van der Waals surface area contributed by atoms with E-state index in [9.17, 15) is 35.4 Å². The molecule has 0 spiro atoms. The van der Waals surface area contributed by atoms with Gasteiger partial charge in [0.05, 0.1) is 31.0 Å². The van der Waals surface area contributed by atoms with Gasteiger partial charge < -0.3 is 54.3 Å². The lowest BCUT2D eigenvalue weighted by molar-refractivity contribution is -0.344. The zero-order valence-corrected chi connectivity index (χ0v) is 17.8. The molecule has 0 bridgehead atoms. The second-order valence-electron chi connectivity index (χ2n) is 8.84. The van der Waals surface area contributed by atoms with E-state index in [1.807, 2.05) is 0 Å². The van der Waals surface area contributed by atoms with Gasteiger partial charge in [0.2, 0.25) is 6.29 Å². The fourth-order valence-electron chi connectivity index (χ4n) is 5.08. The molecule has 3 aliphatic heterocycles. The second-order valence-corrected chi connectivity index (χ2v) is 8.84. The molecule has 0 radical (unpaired) electrons. The van der Waals surface area contributed by atoms with Gasteiger partial charge in [-0.1, -0.05) is 0 Å². The predicted molar refractivity (Wildman–Crippen MR) is 108 cm³/mol. The SMILES string of the molecule is O=C(O[C@@H]1[C@H]2C=CO[C@H](O[C@@H]3O[C@H](CO)[C@@H](O)[C@H](O)[C@H]3O)[C@@H]2[C@]2(CO)O[C@H]12)c1ccc(O)cc1. The highest BCUT2D eigenvalue weighted by Gasteiger charge is 2.77. The number of aliphatic hydroxyl groups excluding tert-OH is 5. The summed E-state index contributed by atoms with van der Waals surface area (Å²) in [4.78, 5) is 12.7. The number of phenols is 1. The highest BCUT2D eigenvalue weighted by atomic mass is 16.8. The number of aliphatic hydroxyl groups is 5. The summed E-state index contributed by atoms with van der Waals surface area (Å²) in [5.74, 6) is -1.78. The highest BCUT2D eigenvalue weighted by Crippen LogP contribution is 2.60. The Morgan fingerprint density at radius 2 is 1.76 bits per heavy atom. The van der Waals surface area contributed by atoms with Crippen LogP contribution in [0.15, 0.2) is 36.6 Å². The second kappa shape index (κ2) is 8.73. The van der Waals surface area contributed by atoms with E-state index in [-0.39, 0.29) is 11.3 Å². The molecule has 1 aliphatic carbocycles. The number of rotatable bonds is 6. The zero-order valence-electron chi connectivity index (χ0n) is 17.8. The van der Waals surface area contributed by atoms with Crippen LogP contribution in [0.25, 0.3) is 0 Å². The Balaban J connectivity index is 1.34. The molecule has 12 nitrogen and oxygen atoms in total. The van der Waals surface area contributed by atoms with Crippen molar-refractivity contribution in [2.45, 2.75) is 54.8 Å². The number of benzene rings is 1. The van der Waals surface area contributed by atoms with Crippen LogP contribution in [0.3, 0.4) is 0 Å². The van der Waals surface area contributed by atoms with Crippen LogP contribution in [0.4, 0.5) is 0 Å². The van der Waals surface area contributed by atoms with Gasteiger partial charge in [-0.05, 0) is 30.3 Å². The molecule has 1 saturated carbocycles. The average Bonchev–Trinajstić information content (AvgIpc) is 3.52. The third kappa shape index (κ3) is 3.67. The number of carbonyl (C=O) groups excluding carboxylic acids is 1. The summed E-state index contributed by atoms with van der Waals surface area (Å²) in [5, 5.41) is 59.3. The minimum atomic E-state index is -1.64. The van der Waals surface area contributed by atoms with E-state index in [0.29, 0.717) is 0 Å². The van der Waals surface area contributed by atoms with Crippen molar-refractivity contribution in [1.82, 2.24) is 0 Å². The van der Waals surface area contributed by atoms with Crippen molar-refractivity contribution in [3.8, 4) is 5.75 Å². The van der Waals surface area contributed by atoms with E-state index in [0.717, 1.165) is 0 Å². The van der Waals surface area contributed by atoms with Crippen LogP contribution in [0.5, 0.6) is 5.75 Å². The molecule has 1 aromatic carbocycles. The van der Waals surface area contributed by atoms with Gasteiger partial charge in [0, 0.05) is 5.92 Å². The van der Waals surface area contributed by atoms with E-state index < -0.39 is 85.8 Å². The Morgan fingerprint density at radius 3 is 2.44 bits per heavy atom. The first-order chi connectivity index (χ1) is 16.3. The summed E-state index contributed by atoms with van der Waals surface area (Å²) >= 11 is 0. The lowest BCUT2D eigenvalue weighted by atomic mass is 9.85. The van der Waals surface area contributed by atoms with Crippen molar-refractivity contribution in [3.05, 3.63) is 42.2 Å². The maximum atomic E-state index is 12.7. The van der Waals surface area contributed by atoms with Crippen LogP contribution in [-0.4, -0.2) is 105 Å². The maximum absolute atomic E-state index is 12.7. The molecule has 6 N–H and O–H groups in total. The van der Waals surface area contributed by atoms with Gasteiger partial charge in [0.1, 0.15) is 48.0 Å². The van der Waals surface area contributed by atoms with Crippen molar-refractivity contribution in [2.75, 3.05) is 13.2 Å². The van der Waals surface area contributed by atoms with Crippen molar-refractivity contribution in [2.24, 2.45) is 11.8 Å². The number of hydrogen-bond donors (Lipinski definition) is 6. The monoisotopic (exact) mass is 482 g/mol. The molecule has 12 heteroatoms. The molecule has 3 fully saturated rings. The van der Waals surface area contributed by atoms with Crippen molar-refractivity contribution < 1.29 is 59.1 Å². The van der Waals surface area contributed by atoms with Gasteiger partial charge in [-0.3, -0.25) is 0 Å². The Kier molecular flexibility index (Phi) is 6.02. The van der Waals surface area contributed by atoms with Crippen LogP contribution in [0, 0.1) is 11.8 Å². The van der Waals surface area contributed by atoms with Gasteiger partial charge in [-0.2, -0.15) is 0 Å². The van der Waals surface area contributed by atoms with Crippen LogP contribution in [0.2, 0.25) is 0 Å². The number of hydrogen-bond acceptors (Lipinski definition) is 12. The van der Waals surface area contributed by atoms with E-state index in [2.05, 4.69) is 0 Å². The van der Waals surface area contributed by atoms with E-state index in [1.54, 1.807) is 6.08 Å². The van der Waals surface area contributed by atoms with Gasteiger partial charge in [0.15, 0.2) is 6.29 Å². The summed E-state index contributed by atoms with van der Waals surface area (Å²) < 4.78 is 28.3. The minimum Gasteiger partial charge on any atom is -0.508 e. The quantitative estimate of drug-likeness (QED) is 0.193. The molecule has 34 heavy (non-hydrogen) atoms. The Hall–Kier alpha value is -2.29. The lowest BCUT2D eigenvalue weighted by Gasteiger charge is -2.43. The smallest absolute Gasteiger partial charge is 0.338 e. The summed E-state index contributed by atoms with van der Waals surface area (Å²) in [5.41, 5.74) is -0.907. The topological polar surface area (TPSA) is 188 Å². The van der Waals surface area contributed by atoms with Crippen LogP contribution in [0.1, 0.15) is 10.4 Å². The largest absolute Gasteiger partial charge is 0.508 e. The first-order valence-electron chi connectivity index (χ1n) is 10.9. The van der Waals surface area contributed by atoms with E-state index in [4.69, 9.17) is 23.7 Å². The Labute approximate surface area is 193 Å². The first kappa shape index (κ1) is 23.5. The number of phenolic OH excluding ortho intramolecular Hbond substituents is 1. The fraction of sp³-hybridized carbons (Fsp3) is 0.591. The first-order valence-corrected chi connectivity index (χ1v) is 10.9. The Morgan fingerprint density at radius 1 is 1.03 bits per heavy atom. The van der Waals surface area contributed by atoms with Crippen LogP contribution < -0.4 is 0 Å². The third-order valence-electron chi connectivity index (χ3n) is 6.94. The van der Waals surface area contributed by atoms with Crippen LogP contribution >= 0.6 is 0 Å². The molecule has 0 amide bonds. The molecule has 0 unspecified atom stereocenters. The summed E-state index contributed by atoms with van der Waals surface area (Å²) in [6.07, 6.45) is -6.99. The summed E-state index contributed by atoms with van der Waals surface area (Å²) in [6.45, 7) is -1.04. The van der Waals surface area contributed by atoms with Gasteiger partial charge in [-0.15, -0.1) is 0 Å². The Bertz CT molecular complexity index is 934. The number of esters is 1. The van der Waals surface area contributed by atoms with Gasteiger partial charge in [0.25, 0.3) is 0 Å². The number of ether oxygens (including phenoxy) is 5. The molecule has 186 valence electrons. The molecular formula is C22H26O12. The molecule has 2 saturated heterocycles. The molecular weight excluding hydrogens is 456 g/mol. The molecule has 0 aromatic heterocycles. The minimum absolute atomic E-state index is 0.00264. The van der Waals surface area contributed by atoms with Crippen LogP contribution in [-0.2, 0) is 23.7 Å². The molecule has 5 rings (SSSR count). The number of aromatic hydroxyl groups is 1. The lowest BCUT2D eigenvalue weighted by Crippen LogP contribution is -2.60. The maximum Gasteiger partial charge on any atom is 0.338 e.